The molecule has 0 amide bonds. The largest absolute Gasteiger partial charge is 0.382 e. The molecule has 1 atom stereocenters. The van der Waals surface area contributed by atoms with E-state index in [2.05, 4.69) is 17.2 Å². The molecule has 1 rings (SSSR count). The molecule has 92 valence electrons. The van der Waals surface area contributed by atoms with Crippen LogP contribution in [0, 0.1) is 5.41 Å². The Morgan fingerprint density at radius 3 is 2.50 bits per heavy atom. The van der Waals surface area contributed by atoms with Crippen LogP contribution in [0.5, 0.6) is 0 Å². The molecule has 1 aromatic heterocycles. The summed E-state index contributed by atoms with van der Waals surface area (Å²) in [6, 6.07) is 0. The van der Waals surface area contributed by atoms with Crippen LogP contribution in [0.2, 0.25) is 0 Å². The third-order valence-corrected chi connectivity index (χ3v) is 3.01. The van der Waals surface area contributed by atoms with Crippen LogP contribution in [-0.2, 0) is 12.1 Å². The van der Waals surface area contributed by atoms with Gasteiger partial charge in [0.15, 0.2) is 0 Å². The molecular weight excluding hydrogens is 204 g/mol. The monoisotopic (exact) mass is 226 g/mol. The maximum absolute atomic E-state index is 10.7. The molecule has 0 spiro atoms. The molecule has 0 saturated heterocycles. The van der Waals surface area contributed by atoms with Gasteiger partial charge in [0.2, 0.25) is 0 Å². The SMILES string of the molecule is CCCn1nncc1C(O)(CN)C(C)(C)C. The fourth-order valence-electron chi connectivity index (χ4n) is 1.75. The van der Waals surface area contributed by atoms with E-state index < -0.39 is 5.60 Å². The summed E-state index contributed by atoms with van der Waals surface area (Å²) in [5.41, 5.74) is 4.99. The number of hydrogen-bond donors (Lipinski definition) is 2. The van der Waals surface area contributed by atoms with Crippen molar-refractivity contribution in [3.05, 3.63) is 11.9 Å². The standard InChI is InChI=1S/C11H22N4O/c1-5-6-15-9(7-13-14-15)11(16,8-12)10(2,3)4/h7,16H,5-6,8,12H2,1-4H3. The summed E-state index contributed by atoms with van der Waals surface area (Å²) in [6.45, 7) is 8.85. The van der Waals surface area contributed by atoms with Crippen molar-refractivity contribution in [1.82, 2.24) is 15.0 Å². The molecule has 3 N–H and O–H groups in total. The summed E-state index contributed by atoms with van der Waals surface area (Å²) < 4.78 is 1.73. The van der Waals surface area contributed by atoms with Crippen LogP contribution in [0.4, 0.5) is 0 Å². The molecule has 0 fully saturated rings. The molecule has 0 aliphatic carbocycles. The summed E-state index contributed by atoms with van der Waals surface area (Å²) in [6.07, 6.45) is 2.55. The predicted molar refractivity (Wildman–Crippen MR) is 62.7 cm³/mol. The fraction of sp³-hybridized carbons (Fsp3) is 0.818. The van der Waals surface area contributed by atoms with Crippen LogP contribution in [-0.4, -0.2) is 26.6 Å². The van der Waals surface area contributed by atoms with Gasteiger partial charge in [-0.1, -0.05) is 32.9 Å². The molecule has 16 heavy (non-hydrogen) atoms. The Morgan fingerprint density at radius 2 is 2.06 bits per heavy atom. The van der Waals surface area contributed by atoms with Crippen LogP contribution < -0.4 is 5.73 Å². The van der Waals surface area contributed by atoms with E-state index in [1.54, 1.807) is 10.9 Å². The highest BCUT2D eigenvalue weighted by molar-refractivity contribution is 5.13. The van der Waals surface area contributed by atoms with Crippen molar-refractivity contribution in [2.75, 3.05) is 6.54 Å². The first-order valence-corrected chi connectivity index (χ1v) is 5.68. The molecule has 1 heterocycles. The Balaban J connectivity index is 3.18. The average Bonchev–Trinajstić information content (AvgIpc) is 2.64. The van der Waals surface area contributed by atoms with E-state index in [9.17, 15) is 5.11 Å². The van der Waals surface area contributed by atoms with Gasteiger partial charge in [0, 0.05) is 13.1 Å². The molecule has 0 aromatic carbocycles. The summed E-state index contributed by atoms with van der Waals surface area (Å²) in [4.78, 5) is 0. The Morgan fingerprint density at radius 1 is 1.44 bits per heavy atom. The summed E-state index contributed by atoms with van der Waals surface area (Å²) >= 11 is 0. The number of nitrogens with zero attached hydrogens (tertiary/aromatic N) is 3. The average molecular weight is 226 g/mol. The number of nitrogens with two attached hydrogens (primary N) is 1. The van der Waals surface area contributed by atoms with Gasteiger partial charge in [-0.25, -0.2) is 4.68 Å². The molecule has 5 heteroatoms. The fourth-order valence-corrected chi connectivity index (χ4v) is 1.75. The van der Waals surface area contributed by atoms with Crippen molar-refractivity contribution in [1.29, 1.82) is 0 Å². The number of rotatable bonds is 4. The van der Waals surface area contributed by atoms with Crippen molar-refractivity contribution in [3.8, 4) is 0 Å². The zero-order valence-corrected chi connectivity index (χ0v) is 10.6. The minimum absolute atomic E-state index is 0.160. The zero-order chi connectivity index (χ0) is 12.4. The van der Waals surface area contributed by atoms with Gasteiger partial charge in [0.05, 0.1) is 11.9 Å². The topological polar surface area (TPSA) is 77.0 Å². The molecule has 0 radical (unpaired) electrons. The van der Waals surface area contributed by atoms with E-state index in [0.29, 0.717) is 5.69 Å². The van der Waals surface area contributed by atoms with Crippen molar-refractivity contribution < 1.29 is 5.11 Å². The maximum atomic E-state index is 10.7. The predicted octanol–water partition coefficient (Wildman–Crippen LogP) is 0.880. The number of aromatic nitrogens is 3. The lowest BCUT2D eigenvalue weighted by molar-refractivity contribution is -0.0627. The van der Waals surface area contributed by atoms with E-state index in [1.807, 2.05) is 20.8 Å². The molecule has 1 unspecified atom stereocenters. The van der Waals surface area contributed by atoms with Gasteiger partial charge >= 0.3 is 0 Å². The lowest BCUT2D eigenvalue weighted by atomic mass is 9.74. The first-order chi connectivity index (χ1) is 7.36. The van der Waals surface area contributed by atoms with E-state index in [-0.39, 0.29) is 12.0 Å². The molecule has 0 saturated carbocycles. The van der Waals surface area contributed by atoms with E-state index in [0.717, 1.165) is 13.0 Å². The van der Waals surface area contributed by atoms with Crippen molar-refractivity contribution in [2.45, 2.75) is 46.3 Å². The molecule has 5 nitrogen and oxygen atoms in total. The van der Waals surface area contributed by atoms with E-state index >= 15 is 0 Å². The minimum Gasteiger partial charge on any atom is -0.382 e. The maximum Gasteiger partial charge on any atom is 0.125 e. The van der Waals surface area contributed by atoms with Crippen molar-refractivity contribution in [2.24, 2.45) is 11.1 Å². The van der Waals surface area contributed by atoms with Gasteiger partial charge in [0.25, 0.3) is 0 Å². The van der Waals surface area contributed by atoms with Gasteiger partial charge in [-0.05, 0) is 11.8 Å². The third-order valence-electron chi connectivity index (χ3n) is 3.01. The second-order valence-corrected chi connectivity index (χ2v) is 5.16. The molecule has 0 bridgehead atoms. The van der Waals surface area contributed by atoms with Crippen molar-refractivity contribution in [3.63, 3.8) is 0 Å². The second-order valence-electron chi connectivity index (χ2n) is 5.16. The smallest absolute Gasteiger partial charge is 0.125 e. The van der Waals surface area contributed by atoms with Gasteiger partial charge in [0.1, 0.15) is 5.60 Å². The van der Waals surface area contributed by atoms with Crippen LogP contribution in [0.1, 0.15) is 39.8 Å². The van der Waals surface area contributed by atoms with Crippen LogP contribution >= 0.6 is 0 Å². The Kier molecular flexibility index (Phi) is 3.70. The second kappa shape index (κ2) is 4.51. The molecular formula is C11H22N4O. The first kappa shape index (κ1) is 13.1. The minimum atomic E-state index is -1.09. The van der Waals surface area contributed by atoms with Gasteiger partial charge < -0.3 is 10.8 Å². The normalized spacial score (nSPS) is 16.1. The number of hydrogen-bond acceptors (Lipinski definition) is 4. The highest BCUT2D eigenvalue weighted by Gasteiger charge is 2.43. The van der Waals surface area contributed by atoms with Crippen molar-refractivity contribution >= 4 is 0 Å². The van der Waals surface area contributed by atoms with E-state index in [4.69, 9.17) is 5.73 Å². The van der Waals surface area contributed by atoms with E-state index in [1.165, 1.54) is 0 Å². The molecule has 0 aliphatic rings. The highest BCUT2D eigenvalue weighted by Crippen LogP contribution is 2.37. The summed E-state index contributed by atoms with van der Waals surface area (Å²) in [7, 11) is 0. The lowest BCUT2D eigenvalue weighted by Crippen LogP contribution is -2.47. The zero-order valence-electron chi connectivity index (χ0n) is 10.6. The summed E-state index contributed by atoms with van der Waals surface area (Å²) in [5, 5.41) is 18.5. The Labute approximate surface area is 96.6 Å². The Hall–Kier alpha value is -0.940. The van der Waals surface area contributed by atoms with Gasteiger partial charge in [-0.3, -0.25) is 0 Å². The van der Waals surface area contributed by atoms with Crippen LogP contribution in [0.3, 0.4) is 0 Å². The van der Waals surface area contributed by atoms with Crippen LogP contribution in [0.15, 0.2) is 6.20 Å². The van der Waals surface area contributed by atoms with Gasteiger partial charge in [-0.2, -0.15) is 0 Å². The third kappa shape index (κ3) is 2.10. The molecule has 0 aliphatic heterocycles. The Bertz CT molecular complexity index is 342. The van der Waals surface area contributed by atoms with Crippen LogP contribution in [0.25, 0.3) is 0 Å². The number of aliphatic hydroxyl groups is 1. The first-order valence-electron chi connectivity index (χ1n) is 5.68. The quantitative estimate of drug-likeness (QED) is 0.799. The summed E-state index contributed by atoms with van der Waals surface area (Å²) in [5.74, 6) is 0. The highest BCUT2D eigenvalue weighted by atomic mass is 16.3. The number of aryl methyl sites for hydroxylation is 1. The van der Waals surface area contributed by atoms with Gasteiger partial charge in [-0.15, -0.1) is 5.10 Å². The lowest BCUT2D eigenvalue weighted by Gasteiger charge is -2.39. The molecule has 1 aromatic rings.